The van der Waals surface area contributed by atoms with Crippen molar-refractivity contribution >= 4 is 33.3 Å². The van der Waals surface area contributed by atoms with Crippen LogP contribution in [0, 0.1) is 12.7 Å². The van der Waals surface area contributed by atoms with Gasteiger partial charge < -0.3 is 10.1 Å². The second kappa shape index (κ2) is 5.42. The molecule has 0 radical (unpaired) electrons. The van der Waals surface area contributed by atoms with Gasteiger partial charge in [0.25, 0.3) is 0 Å². The molecule has 0 spiro atoms. The number of fused-ring (bicyclic) bond motifs is 2. The van der Waals surface area contributed by atoms with Gasteiger partial charge in [-0.1, -0.05) is 18.2 Å². The maximum absolute atomic E-state index is 13.4. The molecule has 5 nitrogen and oxygen atoms in total. The number of rotatable bonds is 2. The molecule has 24 heavy (non-hydrogen) atoms. The summed E-state index contributed by atoms with van der Waals surface area (Å²) in [5, 5.41) is 19.7. The Hall–Kier alpha value is -3.28. The molecule has 0 saturated heterocycles. The number of azo groups is 1. The van der Waals surface area contributed by atoms with Gasteiger partial charge in [-0.2, -0.15) is 0 Å². The molecule has 4 rings (SSSR count). The molecule has 4 aromatic rings. The highest BCUT2D eigenvalue weighted by atomic mass is 19.1. The number of halogens is 1. The highest BCUT2D eigenvalue weighted by Gasteiger charge is 2.11. The van der Waals surface area contributed by atoms with Crippen LogP contribution in [-0.4, -0.2) is 15.1 Å². The molecule has 0 aliphatic rings. The lowest BCUT2D eigenvalue weighted by Crippen LogP contribution is -1.82. The first-order chi connectivity index (χ1) is 11.6. The smallest absolute Gasteiger partial charge is 0.218 e. The van der Waals surface area contributed by atoms with E-state index < -0.39 is 5.82 Å². The molecule has 2 aromatic carbocycles. The molecule has 2 heterocycles. The van der Waals surface area contributed by atoms with Crippen molar-refractivity contribution in [1.29, 1.82) is 0 Å². The Morgan fingerprint density at radius 3 is 2.75 bits per heavy atom. The number of benzene rings is 2. The fourth-order valence-corrected chi connectivity index (χ4v) is 2.72. The van der Waals surface area contributed by atoms with Crippen molar-refractivity contribution < 1.29 is 9.50 Å². The van der Waals surface area contributed by atoms with E-state index in [1.807, 2.05) is 37.3 Å². The predicted octanol–water partition coefficient (Wildman–Crippen LogP) is 5.28. The summed E-state index contributed by atoms with van der Waals surface area (Å²) < 4.78 is 13.4. The van der Waals surface area contributed by atoms with Crippen LogP contribution in [-0.2, 0) is 0 Å². The highest BCUT2D eigenvalue weighted by molar-refractivity contribution is 5.94. The van der Waals surface area contributed by atoms with Crippen LogP contribution >= 0.6 is 0 Å². The monoisotopic (exact) mass is 320 g/mol. The summed E-state index contributed by atoms with van der Waals surface area (Å²) in [6.45, 7) is 1.97. The van der Waals surface area contributed by atoms with Crippen LogP contribution in [0.3, 0.4) is 0 Å². The lowest BCUT2D eigenvalue weighted by Gasteiger charge is -2.02. The van der Waals surface area contributed by atoms with Crippen LogP contribution in [0.25, 0.3) is 21.8 Å². The van der Waals surface area contributed by atoms with E-state index in [4.69, 9.17) is 0 Å². The van der Waals surface area contributed by atoms with Crippen LogP contribution in [0.5, 0.6) is 5.88 Å². The van der Waals surface area contributed by atoms with Gasteiger partial charge >= 0.3 is 0 Å². The van der Waals surface area contributed by atoms with Crippen LogP contribution in [0.4, 0.5) is 15.9 Å². The van der Waals surface area contributed by atoms with Crippen LogP contribution in [0.1, 0.15) is 5.56 Å². The lowest BCUT2D eigenvalue weighted by atomic mass is 10.1. The molecule has 0 aliphatic heterocycles. The normalized spacial score (nSPS) is 11.8. The number of aryl methyl sites for hydroxylation is 1. The first-order valence-electron chi connectivity index (χ1n) is 7.40. The van der Waals surface area contributed by atoms with Gasteiger partial charge in [-0.3, -0.25) is 0 Å². The molecule has 0 saturated carbocycles. The zero-order chi connectivity index (χ0) is 16.7. The summed E-state index contributed by atoms with van der Waals surface area (Å²) in [5.74, 6) is -0.133. The minimum Gasteiger partial charge on any atom is -0.493 e. The minimum atomic E-state index is -0.405. The van der Waals surface area contributed by atoms with Crippen molar-refractivity contribution in [2.24, 2.45) is 10.2 Å². The standard InChI is InChI=1S/C18H13FN4O/c1-10-8-16(20-14-5-3-2-4-12(10)14)22-23-17-13-9-11(19)6-7-15(13)21-18(17)24/h2-9,21,24H,1H3. The highest BCUT2D eigenvalue weighted by Crippen LogP contribution is 2.36. The zero-order valence-corrected chi connectivity index (χ0v) is 12.8. The van der Waals surface area contributed by atoms with E-state index in [-0.39, 0.29) is 11.6 Å². The molecular formula is C18H13FN4O. The number of para-hydroxylation sites is 1. The third kappa shape index (κ3) is 2.38. The topological polar surface area (TPSA) is 73.6 Å². The number of H-pyrrole nitrogens is 1. The van der Waals surface area contributed by atoms with Crippen molar-refractivity contribution in [2.45, 2.75) is 6.92 Å². The summed E-state index contributed by atoms with van der Waals surface area (Å²) in [5.41, 5.74) is 2.63. The average Bonchev–Trinajstić information content (AvgIpc) is 2.88. The van der Waals surface area contributed by atoms with E-state index in [9.17, 15) is 9.50 Å². The van der Waals surface area contributed by atoms with Crippen LogP contribution in [0.15, 0.2) is 58.8 Å². The van der Waals surface area contributed by atoms with E-state index in [0.29, 0.717) is 16.7 Å². The zero-order valence-electron chi connectivity index (χ0n) is 12.8. The third-order valence-corrected chi connectivity index (χ3v) is 3.88. The number of nitrogens with one attached hydrogen (secondary N) is 1. The molecule has 0 bridgehead atoms. The Kier molecular flexibility index (Phi) is 3.23. The van der Waals surface area contributed by atoms with Gasteiger partial charge in [-0.25, -0.2) is 9.37 Å². The first kappa shape index (κ1) is 14.3. The summed E-state index contributed by atoms with van der Waals surface area (Å²) in [7, 11) is 0. The lowest BCUT2D eigenvalue weighted by molar-refractivity contribution is 0.459. The van der Waals surface area contributed by atoms with Crippen molar-refractivity contribution in [2.75, 3.05) is 0 Å². The Morgan fingerprint density at radius 1 is 1.04 bits per heavy atom. The molecule has 0 unspecified atom stereocenters. The second-order valence-electron chi connectivity index (χ2n) is 5.53. The first-order valence-corrected chi connectivity index (χ1v) is 7.40. The fraction of sp³-hybridized carbons (Fsp3) is 0.0556. The predicted molar refractivity (Wildman–Crippen MR) is 90.6 cm³/mol. The molecular weight excluding hydrogens is 307 g/mol. The summed E-state index contributed by atoms with van der Waals surface area (Å²) in [6.07, 6.45) is 0. The quantitative estimate of drug-likeness (QED) is 0.493. The molecule has 118 valence electrons. The van der Waals surface area contributed by atoms with E-state index >= 15 is 0 Å². The average molecular weight is 320 g/mol. The van der Waals surface area contributed by atoms with Gasteiger partial charge in [0.1, 0.15) is 5.82 Å². The molecule has 6 heteroatoms. The largest absolute Gasteiger partial charge is 0.493 e. The summed E-state index contributed by atoms with van der Waals surface area (Å²) in [4.78, 5) is 7.18. The van der Waals surface area contributed by atoms with E-state index in [1.165, 1.54) is 12.1 Å². The van der Waals surface area contributed by atoms with Gasteiger partial charge in [-0.05, 0) is 42.8 Å². The number of nitrogens with zero attached hydrogens (tertiary/aromatic N) is 3. The molecule has 0 amide bonds. The SMILES string of the molecule is Cc1cc(N=Nc2c(O)[nH]c3ccc(F)cc23)nc2ccccc12. The van der Waals surface area contributed by atoms with Crippen LogP contribution in [0.2, 0.25) is 0 Å². The Balaban J connectivity index is 1.81. The molecule has 2 N–H and O–H groups in total. The Morgan fingerprint density at radius 2 is 1.88 bits per heavy atom. The number of aromatic nitrogens is 2. The van der Waals surface area contributed by atoms with Crippen molar-refractivity contribution in [3.05, 3.63) is 59.9 Å². The van der Waals surface area contributed by atoms with E-state index in [1.54, 1.807) is 6.07 Å². The summed E-state index contributed by atoms with van der Waals surface area (Å²) >= 11 is 0. The molecule has 0 aliphatic carbocycles. The molecule has 0 fully saturated rings. The van der Waals surface area contributed by atoms with Gasteiger partial charge in [0.15, 0.2) is 11.5 Å². The van der Waals surface area contributed by atoms with Gasteiger partial charge in [-0.15, -0.1) is 10.2 Å². The molecule has 0 atom stereocenters. The second-order valence-corrected chi connectivity index (χ2v) is 5.53. The van der Waals surface area contributed by atoms with Crippen molar-refractivity contribution in [3.8, 4) is 5.88 Å². The number of hydrogen-bond donors (Lipinski definition) is 2. The summed E-state index contributed by atoms with van der Waals surface area (Å²) in [6, 6.07) is 13.7. The third-order valence-electron chi connectivity index (χ3n) is 3.88. The van der Waals surface area contributed by atoms with E-state index in [2.05, 4.69) is 20.2 Å². The number of hydrogen-bond acceptors (Lipinski definition) is 4. The maximum Gasteiger partial charge on any atom is 0.218 e. The van der Waals surface area contributed by atoms with Crippen LogP contribution < -0.4 is 0 Å². The Labute approximate surface area is 136 Å². The molecule has 2 aromatic heterocycles. The van der Waals surface area contributed by atoms with Crippen molar-refractivity contribution in [1.82, 2.24) is 9.97 Å². The number of aromatic hydroxyl groups is 1. The fourth-order valence-electron chi connectivity index (χ4n) is 2.72. The maximum atomic E-state index is 13.4. The Bertz CT molecular complexity index is 1100. The minimum absolute atomic E-state index is 0.156. The van der Waals surface area contributed by atoms with E-state index in [0.717, 1.165) is 16.5 Å². The number of aromatic amines is 1. The van der Waals surface area contributed by atoms with Gasteiger partial charge in [0.2, 0.25) is 5.88 Å². The number of pyridine rings is 1. The van der Waals surface area contributed by atoms with Crippen molar-refractivity contribution in [3.63, 3.8) is 0 Å². The van der Waals surface area contributed by atoms with Gasteiger partial charge in [0, 0.05) is 10.8 Å². The van der Waals surface area contributed by atoms with Gasteiger partial charge in [0.05, 0.1) is 11.0 Å².